The van der Waals surface area contributed by atoms with E-state index in [9.17, 15) is 4.79 Å². The van der Waals surface area contributed by atoms with Crippen molar-refractivity contribution in [2.45, 2.75) is 13.3 Å². The SMILES string of the molecule is CCNc1ccc(Cl)cc1C(=O)N(C)CC1CCOC1. The molecule has 0 radical (unpaired) electrons. The van der Waals surface area contributed by atoms with E-state index in [2.05, 4.69) is 5.32 Å². The second-order valence-electron chi connectivity index (χ2n) is 5.14. The Morgan fingerprint density at radius 1 is 1.55 bits per heavy atom. The van der Waals surface area contributed by atoms with Gasteiger partial charge < -0.3 is 15.0 Å². The summed E-state index contributed by atoms with van der Waals surface area (Å²) in [6.45, 7) is 5.03. The van der Waals surface area contributed by atoms with Crippen molar-refractivity contribution in [1.29, 1.82) is 0 Å². The van der Waals surface area contributed by atoms with E-state index in [0.29, 0.717) is 16.5 Å². The van der Waals surface area contributed by atoms with E-state index in [0.717, 1.165) is 38.4 Å². The van der Waals surface area contributed by atoms with Crippen LogP contribution in [0.5, 0.6) is 0 Å². The number of anilines is 1. The molecule has 0 bridgehead atoms. The maximum atomic E-state index is 12.6. The monoisotopic (exact) mass is 296 g/mol. The summed E-state index contributed by atoms with van der Waals surface area (Å²) < 4.78 is 5.35. The first-order valence-corrected chi connectivity index (χ1v) is 7.36. The van der Waals surface area contributed by atoms with E-state index >= 15 is 0 Å². The third-order valence-electron chi connectivity index (χ3n) is 3.48. The normalized spacial score (nSPS) is 18.1. The number of nitrogens with one attached hydrogen (secondary N) is 1. The Morgan fingerprint density at radius 3 is 3.00 bits per heavy atom. The van der Waals surface area contributed by atoms with Crippen LogP contribution in [-0.4, -0.2) is 44.2 Å². The Labute approximate surface area is 125 Å². The standard InChI is InChI=1S/C15H21ClN2O2/c1-3-17-14-5-4-12(16)8-13(14)15(19)18(2)9-11-6-7-20-10-11/h4-5,8,11,17H,3,6-7,9-10H2,1-2H3. The van der Waals surface area contributed by atoms with Gasteiger partial charge in [-0.3, -0.25) is 4.79 Å². The molecular weight excluding hydrogens is 276 g/mol. The van der Waals surface area contributed by atoms with Crippen LogP contribution >= 0.6 is 11.6 Å². The van der Waals surface area contributed by atoms with Crippen molar-refractivity contribution in [2.24, 2.45) is 5.92 Å². The Bertz CT molecular complexity index is 473. The van der Waals surface area contributed by atoms with Gasteiger partial charge in [0.2, 0.25) is 0 Å². The first kappa shape index (κ1) is 15.1. The fourth-order valence-electron chi connectivity index (χ4n) is 2.44. The zero-order valence-corrected chi connectivity index (χ0v) is 12.7. The van der Waals surface area contributed by atoms with Crippen LogP contribution in [-0.2, 0) is 4.74 Å². The number of hydrogen-bond donors (Lipinski definition) is 1. The van der Waals surface area contributed by atoms with E-state index in [-0.39, 0.29) is 5.91 Å². The van der Waals surface area contributed by atoms with Gasteiger partial charge >= 0.3 is 0 Å². The molecule has 110 valence electrons. The number of nitrogens with zero attached hydrogens (tertiary/aromatic N) is 1. The van der Waals surface area contributed by atoms with E-state index in [1.54, 1.807) is 17.0 Å². The van der Waals surface area contributed by atoms with Gasteiger partial charge in [-0.2, -0.15) is 0 Å². The van der Waals surface area contributed by atoms with Gasteiger partial charge in [0, 0.05) is 43.4 Å². The van der Waals surface area contributed by atoms with Crippen molar-refractivity contribution >= 4 is 23.2 Å². The van der Waals surface area contributed by atoms with Crippen LogP contribution < -0.4 is 5.32 Å². The van der Waals surface area contributed by atoms with Crippen LogP contribution in [0.3, 0.4) is 0 Å². The highest BCUT2D eigenvalue weighted by atomic mass is 35.5. The summed E-state index contributed by atoms with van der Waals surface area (Å²) in [5.74, 6) is 0.432. The lowest BCUT2D eigenvalue weighted by Gasteiger charge is -2.22. The van der Waals surface area contributed by atoms with Crippen molar-refractivity contribution in [3.05, 3.63) is 28.8 Å². The number of amides is 1. The predicted octanol–water partition coefficient (Wildman–Crippen LogP) is 2.88. The van der Waals surface area contributed by atoms with Crippen molar-refractivity contribution in [3.63, 3.8) is 0 Å². The summed E-state index contributed by atoms with van der Waals surface area (Å²) >= 11 is 6.02. The Kier molecular flexibility index (Phi) is 5.26. The molecule has 1 N–H and O–H groups in total. The van der Waals surface area contributed by atoms with Gasteiger partial charge in [0.15, 0.2) is 0 Å². The Hall–Kier alpha value is -1.26. The van der Waals surface area contributed by atoms with Gasteiger partial charge in [-0.05, 0) is 31.5 Å². The lowest BCUT2D eigenvalue weighted by Crippen LogP contribution is -2.32. The topological polar surface area (TPSA) is 41.6 Å². The highest BCUT2D eigenvalue weighted by molar-refractivity contribution is 6.31. The molecule has 2 rings (SSSR count). The van der Waals surface area contributed by atoms with E-state index < -0.39 is 0 Å². The minimum Gasteiger partial charge on any atom is -0.385 e. The lowest BCUT2D eigenvalue weighted by molar-refractivity contribution is 0.0767. The minimum absolute atomic E-state index is 0.00431. The van der Waals surface area contributed by atoms with Crippen LogP contribution in [0.4, 0.5) is 5.69 Å². The van der Waals surface area contributed by atoms with Gasteiger partial charge in [0.05, 0.1) is 12.2 Å². The van der Waals surface area contributed by atoms with Crippen molar-refractivity contribution in [1.82, 2.24) is 4.90 Å². The summed E-state index contributed by atoms with van der Waals surface area (Å²) in [5.41, 5.74) is 1.46. The average Bonchev–Trinajstić information content (AvgIpc) is 2.93. The van der Waals surface area contributed by atoms with E-state index in [4.69, 9.17) is 16.3 Å². The molecule has 1 fully saturated rings. The smallest absolute Gasteiger partial charge is 0.255 e. The third kappa shape index (κ3) is 3.64. The quantitative estimate of drug-likeness (QED) is 0.908. The fraction of sp³-hybridized carbons (Fsp3) is 0.533. The molecule has 1 amide bonds. The summed E-state index contributed by atoms with van der Waals surface area (Å²) in [4.78, 5) is 14.3. The van der Waals surface area contributed by atoms with Crippen LogP contribution in [0.25, 0.3) is 0 Å². The number of halogens is 1. The Morgan fingerprint density at radius 2 is 2.35 bits per heavy atom. The molecule has 1 saturated heterocycles. The van der Waals surface area contributed by atoms with Crippen LogP contribution in [0.1, 0.15) is 23.7 Å². The van der Waals surface area contributed by atoms with Crippen molar-refractivity contribution in [2.75, 3.05) is 38.7 Å². The number of ether oxygens (including phenoxy) is 1. The molecule has 1 aliphatic heterocycles. The Balaban J connectivity index is 2.11. The highest BCUT2D eigenvalue weighted by Gasteiger charge is 2.22. The zero-order valence-electron chi connectivity index (χ0n) is 12.0. The molecule has 1 aromatic rings. The predicted molar refractivity (Wildman–Crippen MR) is 81.5 cm³/mol. The molecule has 4 nitrogen and oxygen atoms in total. The number of hydrogen-bond acceptors (Lipinski definition) is 3. The number of carbonyl (C=O) groups excluding carboxylic acids is 1. The van der Waals surface area contributed by atoms with E-state index in [1.807, 2.05) is 20.0 Å². The largest absolute Gasteiger partial charge is 0.385 e. The fourth-order valence-corrected chi connectivity index (χ4v) is 2.61. The number of rotatable bonds is 5. The molecule has 1 unspecified atom stereocenters. The maximum absolute atomic E-state index is 12.6. The molecule has 5 heteroatoms. The molecule has 1 heterocycles. The summed E-state index contributed by atoms with van der Waals surface area (Å²) in [6, 6.07) is 5.37. The van der Waals surface area contributed by atoms with Gasteiger partial charge in [0.25, 0.3) is 5.91 Å². The minimum atomic E-state index is -0.00431. The molecule has 1 aliphatic rings. The summed E-state index contributed by atoms with van der Waals surface area (Å²) in [5, 5.41) is 3.78. The second kappa shape index (κ2) is 6.95. The first-order chi connectivity index (χ1) is 9.61. The van der Waals surface area contributed by atoms with Crippen LogP contribution in [0.2, 0.25) is 5.02 Å². The van der Waals surface area contributed by atoms with Crippen LogP contribution in [0, 0.1) is 5.92 Å². The molecule has 0 aliphatic carbocycles. The third-order valence-corrected chi connectivity index (χ3v) is 3.72. The first-order valence-electron chi connectivity index (χ1n) is 6.98. The number of carbonyl (C=O) groups is 1. The van der Waals surface area contributed by atoms with Gasteiger partial charge in [0.1, 0.15) is 0 Å². The summed E-state index contributed by atoms with van der Waals surface area (Å²) in [6.07, 6.45) is 1.02. The molecular formula is C15H21ClN2O2. The second-order valence-corrected chi connectivity index (χ2v) is 5.57. The van der Waals surface area contributed by atoms with Gasteiger partial charge in [-0.15, -0.1) is 0 Å². The molecule has 0 saturated carbocycles. The van der Waals surface area contributed by atoms with Gasteiger partial charge in [-0.1, -0.05) is 11.6 Å². The summed E-state index contributed by atoms with van der Waals surface area (Å²) in [7, 11) is 1.83. The average molecular weight is 297 g/mol. The van der Waals surface area contributed by atoms with Crippen LogP contribution in [0.15, 0.2) is 18.2 Å². The maximum Gasteiger partial charge on any atom is 0.255 e. The molecule has 1 atom stereocenters. The van der Waals surface area contributed by atoms with Crippen molar-refractivity contribution < 1.29 is 9.53 Å². The molecule has 20 heavy (non-hydrogen) atoms. The van der Waals surface area contributed by atoms with E-state index in [1.165, 1.54) is 0 Å². The molecule has 0 spiro atoms. The van der Waals surface area contributed by atoms with Gasteiger partial charge in [-0.25, -0.2) is 0 Å². The molecule has 1 aromatic carbocycles. The zero-order chi connectivity index (χ0) is 14.5. The van der Waals surface area contributed by atoms with Crippen molar-refractivity contribution in [3.8, 4) is 0 Å². The lowest BCUT2D eigenvalue weighted by atomic mass is 10.1. The molecule has 0 aromatic heterocycles. The highest BCUT2D eigenvalue weighted by Crippen LogP contribution is 2.23. The number of benzene rings is 1.